The van der Waals surface area contributed by atoms with Crippen LogP contribution in [0.4, 0.5) is 5.69 Å². The van der Waals surface area contributed by atoms with E-state index in [1.54, 1.807) is 4.90 Å². The first kappa shape index (κ1) is 22.1. The van der Waals surface area contributed by atoms with Gasteiger partial charge in [0, 0.05) is 13.1 Å². The summed E-state index contributed by atoms with van der Waals surface area (Å²) >= 11 is 0. The molecule has 0 spiro atoms. The molecule has 1 heterocycles. The third-order valence-electron chi connectivity index (χ3n) is 8.97. The molecule has 0 radical (unpaired) electrons. The summed E-state index contributed by atoms with van der Waals surface area (Å²) in [6.07, 6.45) is 10.1. The second-order valence-electron chi connectivity index (χ2n) is 11.3. The minimum Gasteiger partial charge on any atom is -0.336 e. The van der Waals surface area contributed by atoms with Crippen LogP contribution >= 0.6 is 0 Å². The maximum Gasteiger partial charge on any atom is 0.243 e. The van der Waals surface area contributed by atoms with E-state index >= 15 is 0 Å². The van der Waals surface area contributed by atoms with E-state index in [1.165, 1.54) is 60.2 Å². The van der Waals surface area contributed by atoms with Gasteiger partial charge in [-0.2, -0.15) is 0 Å². The SMILES string of the molecule is CS(=O)(=O)N(CC(=O)N1CCc2ccccc2C1)c1ccc(C23CC4CC(CC(C4)C2)C3)cc1. The number of sulfonamides is 1. The van der Waals surface area contributed by atoms with E-state index in [1.807, 2.05) is 30.3 Å². The fraction of sp³-hybridized carbons (Fsp3) is 0.536. The number of carbonyl (C=O) groups excluding carboxylic acids is 1. The normalized spacial score (nSPS) is 29.7. The van der Waals surface area contributed by atoms with E-state index in [0.29, 0.717) is 18.8 Å². The van der Waals surface area contributed by atoms with Gasteiger partial charge in [-0.05, 0) is 96.9 Å². The largest absolute Gasteiger partial charge is 0.336 e. The number of hydrogen-bond acceptors (Lipinski definition) is 3. The number of fused-ring (bicyclic) bond motifs is 1. The lowest BCUT2D eigenvalue weighted by Gasteiger charge is -2.57. The smallest absolute Gasteiger partial charge is 0.243 e. The molecule has 4 aliphatic carbocycles. The number of nitrogens with zero attached hydrogens (tertiary/aromatic N) is 2. The van der Waals surface area contributed by atoms with Crippen molar-refractivity contribution in [3.05, 3.63) is 65.2 Å². The van der Waals surface area contributed by atoms with Crippen molar-refractivity contribution in [2.24, 2.45) is 17.8 Å². The Morgan fingerprint density at radius 2 is 1.53 bits per heavy atom. The van der Waals surface area contributed by atoms with Crippen LogP contribution in [-0.4, -0.2) is 38.6 Å². The van der Waals surface area contributed by atoms with Crippen LogP contribution in [0.2, 0.25) is 0 Å². The van der Waals surface area contributed by atoms with Crippen molar-refractivity contribution in [3.63, 3.8) is 0 Å². The van der Waals surface area contributed by atoms with Crippen LogP contribution in [0.15, 0.2) is 48.5 Å². The average molecular weight is 479 g/mol. The third-order valence-corrected chi connectivity index (χ3v) is 10.1. The minimum atomic E-state index is -3.58. The predicted molar refractivity (Wildman–Crippen MR) is 134 cm³/mol. The van der Waals surface area contributed by atoms with Crippen LogP contribution in [0, 0.1) is 17.8 Å². The molecular formula is C28H34N2O3S. The van der Waals surface area contributed by atoms with Gasteiger partial charge in [0.2, 0.25) is 15.9 Å². The van der Waals surface area contributed by atoms with Crippen molar-refractivity contribution in [1.82, 2.24) is 4.90 Å². The van der Waals surface area contributed by atoms with E-state index in [2.05, 4.69) is 18.2 Å². The zero-order valence-corrected chi connectivity index (χ0v) is 20.8. The second kappa shape index (κ2) is 8.11. The minimum absolute atomic E-state index is 0.148. The topological polar surface area (TPSA) is 57.7 Å². The highest BCUT2D eigenvalue weighted by Crippen LogP contribution is 2.60. The molecule has 6 heteroatoms. The van der Waals surface area contributed by atoms with Gasteiger partial charge in [-0.3, -0.25) is 9.10 Å². The lowest BCUT2D eigenvalue weighted by Crippen LogP contribution is -2.48. The first-order valence-electron chi connectivity index (χ1n) is 12.7. The summed E-state index contributed by atoms with van der Waals surface area (Å²) in [6, 6.07) is 16.3. The van der Waals surface area contributed by atoms with E-state index < -0.39 is 10.0 Å². The highest BCUT2D eigenvalue weighted by Gasteiger charge is 2.51. The summed E-state index contributed by atoms with van der Waals surface area (Å²) in [5, 5.41) is 0. The van der Waals surface area contributed by atoms with Crippen LogP contribution in [0.3, 0.4) is 0 Å². The molecule has 0 aromatic heterocycles. The number of anilines is 1. The summed E-state index contributed by atoms with van der Waals surface area (Å²) in [5.74, 6) is 2.45. The lowest BCUT2D eigenvalue weighted by molar-refractivity contribution is -0.130. The summed E-state index contributed by atoms with van der Waals surface area (Å²) in [5.41, 5.74) is 4.64. The van der Waals surface area contributed by atoms with Crippen molar-refractivity contribution in [1.29, 1.82) is 0 Å². The number of rotatable bonds is 5. The van der Waals surface area contributed by atoms with Crippen molar-refractivity contribution >= 4 is 21.6 Å². The third kappa shape index (κ3) is 3.94. The Balaban J connectivity index is 1.21. The molecule has 5 nitrogen and oxygen atoms in total. The Hall–Kier alpha value is -2.34. The fourth-order valence-corrected chi connectivity index (χ4v) is 8.63. The molecule has 4 saturated carbocycles. The van der Waals surface area contributed by atoms with Gasteiger partial charge in [-0.1, -0.05) is 36.4 Å². The Morgan fingerprint density at radius 3 is 2.12 bits per heavy atom. The van der Waals surface area contributed by atoms with Crippen LogP contribution in [0.25, 0.3) is 0 Å². The van der Waals surface area contributed by atoms with E-state index in [4.69, 9.17) is 0 Å². The van der Waals surface area contributed by atoms with Crippen molar-refractivity contribution in [2.45, 2.75) is 56.9 Å². The maximum atomic E-state index is 13.2. The Morgan fingerprint density at radius 1 is 0.941 bits per heavy atom. The first-order chi connectivity index (χ1) is 16.3. The van der Waals surface area contributed by atoms with E-state index in [0.717, 1.165) is 29.7 Å². The molecule has 5 aliphatic rings. The lowest BCUT2D eigenvalue weighted by atomic mass is 9.48. The molecule has 0 saturated heterocycles. The van der Waals surface area contributed by atoms with Crippen molar-refractivity contribution in [2.75, 3.05) is 23.7 Å². The van der Waals surface area contributed by atoms with Gasteiger partial charge in [-0.15, -0.1) is 0 Å². The first-order valence-corrected chi connectivity index (χ1v) is 14.6. The summed E-state index contributed by atoms with van der Waals surface area (Å²) in [6.45, 7) is 1.01. The molecule has 2 aromatic rings. The molecule has 1 amide bonds. The van der Waals surface area contributed by atoms with Gasteiger partial charge in [0.25, 0.3) is 0 Å². The Labute approximate surface area is 203 Å². The van der Waals surface area contributed by atoms with Crippen molar-refractivity contribution in [3.8, 4) is 0 Å². The van der Waals surface area contributed by atoms with Crippen molar-refractivity contribution < 1.29 is 13.2 Å². The number of carbonyl (C=O) groups is 1. The molecule has 180 valence electrons. The molecule has 0 atom stereocenters. The van der Waals surface area contributed by atoms with E-state index in [-0.39, 0.29) is 17.9 Å². The summed E-state index contributed by atoms with van der Waals surface area (Å²) < 4.78 is 26.7. The van der Waals surface area contributed by atoms with E-state index in [9.17, 15) is 13.2 Å². The molecule has 4 fully saturated rings. The molecule has 7 rings (SSSR count). The summed E-state index contributed by atoms with van der Waals surface area (Å²) in [4.78, 5) is 14.9. The van der Waals surface area contributed by atoms with Crippen LogP contribution < -0.4 is 4.31 Å². The number of amides is 1. The van der Waals surface area contributed by atoms with Gasteiger partial charge in [-0.25, -0.2) is 8.42 Å². The second-order valence-corrected chi connectivity index (χ2v) is 13.3. The quantitative estimate of drug-likeness (QED) is 0.636. The Kier molecular flexibility index (Phi) is 5.28. The Bertz CT molecular complexity index is 1170. The molecule has 1 aliphatic heterocycles. The average Bonchev–Trinajstić information content (AvgIpc) is 2.80. The number of benzene rings is 2. The van der Waals surface area contributed by atoms with Crippen LogP contribution in [-0.2, 0) is 33.2 Å². The predicted octanol–water partition coefficient (Wildman–Crippen LogP) is 4.51. The summed E-state index contributed by atoms with van der Waals surface area (Å²) in [7, 11) is -3.58. The zero-order valence-electron chi connectivity index (χ0n) is 19.9. The fourth-order valence-electron chi connectivity index (χ4n) is 7.78. The van der Waals surface area contributed by atoms with Gasteiger partial charge < -0.3 is 4.90 Å². The highest BCUT2D eigenvalue weighted by atomic mass is 32.2. The molecule has 34 heavy (non-hydrogen) atoms. The monoisotopic (exact) mass is 478 g/mol. The highest BCUT2D eigenvalue weighted by molar-refractivity contribution is 7.92. The molecule has 4 bridgehead atoms. The van der Waals surface area contributed by atoms with Gasteiger partial charge >= 0.3 is 0 Å². The van der Waals surface area contributed by atoms with Gasteiger partial charge in [0.15, 0.2) is 0 Å². The number of hydrogen-bond donors (Lipinski definition) is 0. The zero-order chi connectivity index (χ0) is 23.5. The van der Waals surface area contributed by atoms with Gasteiger partial charge in [0.05, 0.1) is 11.9 Å². The molecule has 0 N–H and O–H groups in total. The molecular weight excluding hydrogens is 444 g/mol. The standard InChI is InChI=1S/C28H34N2O3S/c1-34(32,33)30(19-27(31)29-11-10-23-4-2-3-5-24(23)18-29)26-8-6-25(7-9-26)28-15-20-12-21(16-28)14-22(13-20)17-28/h2-9,20-22H,10-19H2,1H3. The van der Waals surface area contributed by atoms with Gasteiger partial charge in [0.1, 0.15) is 6.54 Å². The van der Waals surface area contributed by atoms with Crippen LogP contribution in [0.5, 0.6) is 0 Å². The van der Waals surface area contributed by atoms with Crippen LogP contribution in [0.1, 0.15) is 55.2 Å². The molecule has 2 aromatic carbocycles. The molecule has 0 unspecified atom stereocenters. The maximum absolute atomic E-state index is 13.2.